The minimum absolute atomic E-state index is 0.284. The Morgan fingerprint density at radius 1 is 0.950 bits per heavy atom. The molecule has 0 unspecified atom stereocenters. The minimum atomic E-state index is 0.284. The van der Waals surface area contributed by atoms with Gasteiger partial charge in [0.25, 0.3) is 0 Å². The first-order valence-corrected chi connectivity index (χ1v) is 6.97. The van der Waals surface area contributed by atoms with Crippen molar-refractivity contribution in [3.63, 3.8) is 0 Å². The van der Waals surface area contributed by atoms with E-state index in [4.69, 9.17) is 0 Å². The van der Waals surface area contributed by atoms with Gasteiger partial charge in [0, 0.05) is 0 Å². The summed E-state index contributed by atoms with van der Waals surface area (Å²) in [5.74, 6) is 0.284. The molecule has 0 saturated heterocycles. The summed E-state index contributed by atoms with van der Waals surface area (Å²) in [4.78, 5) is 0. The lowest BCUT2D eigenvalue weighted by molar-refractivity contribution is 0.471. The number of azo groups is 1. The third kappa shape index (κ3) is 3.05. The van der Waals surface area contributed by atoms with Crippen molar-refractivity contribution in [2.45, 2.75) is 33.6 Å². The molecule has 0 atom stereocenters. The number of hydrogen-bond donors (Lipinski definition) is 1. The van der Waals surface area contributed by atoms with E-state index < -0.39 is 0 Å². The highest BCUT2D eigenvalue weighted by molar-refractivity contribution is 5.54. The molecule has 2 aromatic carbocycles. The van der Waals surface area contributed by atoms with Gasteiger partial charge in [0.15, 0.2) is 0 Å². The van der Waals surface area contributed by atoms with E-state index in [0.717, 1.165) is 29.8 Å². The highest BCUT2D eigenvalue weighted by atomic mass is 16.3. The van der Waals surface area contributed by atoms with Gasteiger partial charge in [-0.05, 0) is 54.7 Å². The molecule has 2 aromatic rings. The van der Waals surface area contributed by atoms with Gasteiger partial charge in [-0.2, -0.15) is 5.11 Å². The maximum absolute atomic E-state index is 9.52. The Hall–Kier alpha value is -2.16. The molecule has 0 heterocycles. The van der Waals surface area contributed by atoms with E-state index in [1.165, 1.54) is 11.1 Å². The van der Waals surface area contributed by atoms with Crippen molar-refractivity contribution in [1.82, 2.24) is 0 Å². The lowest BCUT2D eigenvalue weighted by Crippen LogP contribution is -1.87. The van der Waals surface area contributed by atoms with Crippen LogP contribution in [0.4, 0.5) is 11.4 Å². The maximum Gasteiger partial charge on any atom is 0.118 e. The number of hydrogen-bond acceptors (Lipinski definition) is 3. The predicted octanol–water partition coefficient (Wildman–Crippen LogP) is 5.24. The number of aryl methyl sites for hydroxylation is 3. The van der Waals surface area contributed by atoms with Crippen molar-refractivity contribution in [2.75, 3.05) is 0 Å². The van der Waals surface area contributed by atoms with Crippen LogP contribution in [-0.2, 0) is 12.8 Å². The first kappa shape index (κ1) is 14.3. The van der Waals surface area contributed by atoms with Gasteiger partial charge in [-0.1, -0.05) is 32.0 Å². The summed E-state index contributed by atoms with van der Waals surface area (Å²) in [6.45, 7) is 6.10. The summed E-state index contributed by atoms with van der Waals surface area (Å²) in [5, 5.41) is 18.3. The summed E-state index contributed by atoms with van der Waals surface area (Å²) in [5.41, 5.74) is 4.96. The Morgan fingerprint density at radius 3 is 2.15 bits per heavy atom. The number of rotatable bonds is 4. The molecule has 0 aromatic heterocycles. The average Bonchev–Trinajstić information content (AvgIpc) is 2.48. The smallest absolute Gasteiger partial charge is 0.118 e. The zero-order valence-corrected chi connectivity index (χ0v) is 12.2. The largest absolute Gasteiger partial charge is 0.508 e. The second-order valence-corrected chi connectivity index (χ2v) is 4.80. The molecular formula is C17H20N2O. The first-order chi connectivity index (χ1) is 9.65. The van der Waals surface area contributed by atoms with Gasteiger partial charge >= 0.3 is 0 Å². The standard InChI is InChI=1S/C17H20N2O/c1-4-13-7-6-8-14(5-2)17(13)19-18-15-9-10-16(20)12(3)11-15/h6-11,20H,4-5H2,1-3H3/b19-18+. The van der Waals surface area contributed by atoms with Gasteiger partial charge in [-0.15, -0.1) is 5.11 Å². The Labute approximate surface area is 120 Å². The molecule has 2 rings (SSSR count). The number of aromatic hydroxyl groups is 1. The van der Waals surface area contributed by atoms with E-state index in [1.54, 1.807) is 12.1 Å². The lowest BCUT2D eigenvalue weighted by atomic mass is 10.0. The highest BCUT2D eigenvalue weighted by Crippen LogP contribution is 2.29. The second-order valence-electron chi connectivity index (χ2n) is 4.80. The molecule has 0 saturated carbocycles. The topological polar surface area (TPSA) is 45.0 Å². The zero-order chi connectivity index (χ0) is 14.5. The van der Waals surface area contributed by atoms with Crippen LogP contribution in [0.25, 0.3) is 0 Å². The van der Waals surface area contributed by atoms with Crippen LogP contribution in [0, 0.1) is 6.92 Å². The van der Waals surface area contributed by atoms with Crippen molar-refractivity contribution in [3.8, 4) is 5.75 Å². The lowest BCUT2D eigenvalue weighted by Gasteiger charge is -2.07. The van der Waals surface area contributed by atoms with E-state index in [9.17, 15) is 5.11 Å². The summed E-state index contributed by atoms with van der Waals surface area (Å²) in [6.07, 6.45) is 1.88. The Balaban J connectivity index is 2.37. The molecule has 104 valence electrons. The Bertz CT molecular complexity index is 611. The van der Waals surface area contributed by atoms with E-state index in [2.05, 4.69) is 42.3 Å². The molecule has 0 radical (unpaired) electrons. The van der Waals surface area contributed by atoms with Crippen LogP contribution >= 0.6 is 0 Å². The van der Waals surface area contributed by atoms with Crippen LogP contribution < -0.4 is 0 Å². The van der Waals surface area contributed by atoms with Crippen LogP contribution in [0.15, 0.2) is 46.6 Å². The molecule has 3 heteroatoms. The van der Waals surface area contributed by atoms with Crippen molar-refractivity contribution >= 4 is 11.4 Å². The molecule has 0 amide bonds. The minimum Gasteiger partial charge on any atom is -0.508 e. The van der Waals surface area contributed by atoms with Crippen molar-refractivity contribution in [3.05, 3.63) is 53.1 Å². The van der Waals surface area contributed by atoms with Gasteiger partial charge in [-0.3, -0.25) is 0 Å². The van der Waals surface area contributed by atoms with Gasteiger partial charge < -0.3 is 5.11 Å². The molecule has 0 fully saturated rings. The Kier molecular flexibility index (Phi) is 4.51. The van der Waals surface area contributed by atoms with Crippen LogP contribution in [0.5, 0.6) is 5.75 Å². The molecule has 3 nitrogen and oxygen atoms in total. The fourth-order valence-electron chi connectivity index (χ4n) is 2.15. The summed E-state index contributed by atoms with van der Waals surface area (Å²) in [7, 11) is 0. The predicted molar refractivity (Wildman–Crippen MR) is 82.2 cm³/mol. The number of phenolic OH excluding ortho intramolecular Hbond substituents is 1. The fourth-order valence-corrected chi connectivity index (χ4v) is 2.15. The summed E-state index contributed by atoms with van der Waals surface area (Å²) >= 11 is 0. The zero-order valence-electron chi connectivity index (χ0n) is 12.2. The second kappa shape index (κ2) is 6.33. The quantitative estimate of drug-likeness (QED) is 0.757. The van der Waals surface area contributed by atoms with E-state index >= 15 is 0 Å². The third-order valence-electron chi connectivity index (χ3n) is 3.41. The van der Waals surface area contributed by atoms with Crippen LogP contribution in [0.1, 0.15) is 30.5 Å². The van der Waals surface area contributed by atoms with Gasteiger partial charge in [0.1, 0.15) is 5.75 Å². The van der Waals surface area contributed by atoms with Gasteiger partial charge in [0.2, 0.25) is 0 Å². The van der Waals surface area contributed by atoms with E-state index in [1.807, 2.05) is 13.0 Å². The van der Waals surface area contributed by atoms with Gasteiger partial charge in [0.05, 0.1) is 11.4 Å². The van der Waals surface area contributed by atoms with Crippen molar-refractivity contribution in [1.29, 1.82) is 0 Å². The fraction of sp³-hybridized carbons (Fsp3) is 0.294. The third-order valence-corrected chi connectivity index (χ3v) is 3.41. The van der Waals surface area contributed by atoms with Crippen LogP contribution in [-0.4, -0.2) is 5.11 Å². The average molecular weight is 268 g/mol. The normalized spacial score (nSPS) is 11.2. The van der Waals surface area contributed by atoms with Gasteiger partial charge in [-0.25, -0.2) is 0 Å². The molecule has 0 spiro atoms. The van der Waals surface area contributed by atoms with Crippen LogP contribution in [0.2, 0.25) is 0 Å². The van der Waals surface area contributed by atoms with E-state index in [-0.39, 0.29) is 5.75 Å². The highest BCUT2D eigenvalue weighted by Gasteiger charge is 2.05. The molecule has 0 aliphatic rings. The maximum atomic E-state index is 9.52. The van der Waals surface area contributed by atoms with E-state index in [0.29, 0.717) is 0 Å². The number of benzene rings is 2. The number of nitrogens with zero attached hydrogens (tertiary/aromatic N) is 2. The van der Waals surface area contributed by atoms with Crippen molar-refractivity contribution in [2.24, 2.45) is 10.2 Å². The SMILES string of the molecule is CCc1cccc(CC)c1/N=N/c1ccc(O)c(C)c1. The molecule has 0 aliphatic carbocycles. The molecular weight excluding hydrogens is 248 g/mol. The van der Waals surface area contributed by atoms with Crippen molar-refractivity contribution < 1.29 is 5.11 Å². The molecule has 0 bridgehead atoms. The molecule has 1 N–H and O–H groups in total. The molecule has 0 aliphatic heterocycles. The molecule has 20 heavy (non-hydrogen) atoms. The van der Waals surface area contributed by atoms with Crippen LogP contribution in [0.3, 0.4) is 0 Å². The summed E-state index contributed by atoms with van der Waals surface area (Å²) < 4.78 is 0. The first-order valence-electron chi connectivity index (χ1n) is 6.97. The number of phenols is 1. The summed E-state index contributed by atoms with van der Waals surface area (Å²) in [6, 6.07) is 11.5. The monoisotopic (exact) mass is 268 g/mol. The Morgan fingerprint density at radius 2 is 1.60 bits per heavy atom.